The Labute approximate surface area is 115 Å². The van der Waals surface area contributed by atoms with Gasteiger partial charge in [-0.25, -0.2) is 4.79 Å². The highest BCUT2D eigenvalue weighted by Crippen LogP contribution is 2.26. The number of hydrogen-bond donors (Lipinski definition) is 1. The van der Waals surface area contributed by atoms with Gasteiger partial charge in [-0.05, 0) is 38.4 Å². The van der Waals surface area contributed by atoms with Crippen molar-refractivity contribution in [3.63, 3.8) is 0 Å². The highest BCUT2D eigenvalue weighted by molar-refractivity contribution is 5.71. The molecule has 0 aliphatic heterocycles. The molecule has 0 aliphatic rings. The molecule has 0 saturated carbocycles. The van der Waals surface area contributed by atoms with Crippen molar-refractivity contribution in [3.8, 4) is 5.75 Å². The molecule has 0 saturated heterocycles. The predicted octanol–water partition coefficient (Wildman–Crippen LogP) is 2.61. The first-order valence-corrected chi connectivity index (χ1v) is 6.62. The molecule has 0 aromatic heterocycles. The van der Waals surface area contributed by atoms with Crippen LogP contribution < -0.4 is 10.1 Å². The number of ether oxygens (including phenoxy) is 2. The second-order valence-electron chi connectivity index (χ2n) is 4.58. The van der Waals surface area contributed by atoms with Gasteiger partial charge in [-0.15, -0.1) is 0 Å². The largest absolute Gasteiger partial charge is 0.482 e. The van der Waals surface area contributed by atoms with E-state index >= 15 is 0 Å². The van der Waals surface area contributed by atoms with Crippen molar-refractivity contribution in [1.82, 2.24) is 5.32 Å². The number of carbonyl (C=O) groups is 1. The summed E-state index contributed by atoms with van der Waals surface area (Å²) < 4.78 is 10.1. The van der Waals surface area contributed by atoms with Crippen LogP contribution in [-0.2, 0) is 9.53 Å². The van der Waals surface area contributed by atoms with E-state index in [1.165, 1.54) is 7.11 Å². The first kappa shape index (κ1) is 15.5. The van der Waals surface area contributed by atoms with Gasteiger partial charge in [0.25, 0.3) is 0 Å². The van der Waals surface area contributed by atoms with Crippen LogP contribution >= 0.6 is 0 Å². The molecule has 4 heteroatoms. The first-order chi connectivity index (χ1) is 9.08. The SMILES string of the molecule is CCCNC(C)c1ccc(C)cc1OCC(=O)OC. The zero-order valence-corrected chi connectivity index (χ0v) is 12.2. The first-order valence-electron chi connectivity index (χ1n) is 6.62. The second kappa shape index (κ2) is 7.79. The summed E-state index contributed by atoms with van der Waals surface area (Å²) in [6, 6.07) is 6.22. The lowest BCUT2D eigenvalue weighted by molar-refractivity contribution is -0.142. The Morgan fingerprint density at radius 3 is 2.79 bits per heavy atom. The third-order valence-corrected chi connectivity index (χ3v) is 2.91. The van der Waals surface area contributed by atoms with Gasteiger partial charge in [0.15, 0.2) is 6.61 Å². The number of methoxy groups -OCH3 is 1. The van der Waals surface area contributed by atoms with Crippen molar-refractivity contribution in [3.05, 3.63) is 29.3 Å². The van der Waals surface area contributed by atoms with E-state index in [1.807, 2.05) is 25.1 Å². The van der Waals surface area contributed by atoms with Gasteiger partial charge in [0.1, 0.15) is 5.75 Å². The molecule has 1 aromatic carbocycles. The maximum atomic E-state index is 11.2. The Bertz CT molecular complexity index is 418. The fraction of sp³-hybridized carbons (Fsp3) is 0.533. The average molecular weight is 265 g/mol. The lowest BCUT2D eigenvalue weighted by Crippen LogP contribution is -2.21. The minimum Gasteiger partial charge on any atom is -0.482 e. The number of benzene rings is 1. The van der Waals surface area contributed by atoms with E-state index in [0.717, 1.165) is 29.8 Å². The standard InChI is InChI=1S/C15H23NO3/c1-5-8-16-12(3)13-7-6-11(2)9-14(13)19-10-15(17)18-4/h6-7,9,12,16H,5,8,10H2,1-4H3. The number of nitrogens with one attached hydrogen (secondary N) is 1. The van der Waals surface area contributed by atoms with Crippen LogP contribution in [0.3, 0.4) is 0 Å². The molecule has 0 heterocycles. The third kappa shape index (κ3) is 4.91. The van der Waals surface area contributed by atoms with Crippen LogP contribution in [0.2, 0.25) is 0 Å². The lowest BCUT2D eigenvalue weighted by atomic mass is 10.0. The quantitative estimate of drug-likeness (QED) is 0.770. The summed E-state index contributed by atoms with van der Waals surface area (Å²) in [5.74, 6) is 0.364. The van der Waals surface area contributed by atoms with Gasteiger partial charge in [0, 0.05) is 11.6 Å². The smallest absolute Gasteiger partial charge is 0.343 e. The molecule has 0 bridgehead atoms. The summed E-state index contributed by atoms with van der Waals surface area (Å²) >= 11 is 0. The van der Waals surface area contributed by atoms with Gasteiger partial charge >= 0.3 is 5.97 Å². The molecule has 0 aliphatic carbocycles. The molecular formula is C15H23NO3. The van der Waals surface area contributed by atoms with Gasteiger partial charge < -0.3 is 14.8 Å². The van der Waals surface area contributed by atoms with Crippen molar-refractivity contribution < 1.29 is 14.3 Å². The number of hydrogen-bond acceptors (Lipinski definition) is 4. The summed E-state index contributed by atoms with van der Waals surface area (Å²) in [6.45, 7) is 7.10. The van der Waals surface area contributed by atoms with E-state index in [0.29, 0.717) is 0 Å². The van der Waals surface area contributed by atoms with Crippen LogP contribution in [0.1, 0.15) is 37.4 Å². The number of rotatable bonds is 7. The minimum atomic E-state index is -0.373. The Balaban J connectivity index is 2.81. The van der Waals surface area contributed by atoms with E-state index in [-0.39, 0.29) is 18.6 Å². The van der Waals surface area contributed by atoms with E-state index in [9.17, 15) is 4.79 Å². The summed E-state index contributed by atoms with van der Waals surface area (Å²) in [7, 11) is 1.36. The molecule has 0 fully saturated rings. The third-order valence-electron chi connectivity index (χ3n) is 2.91. The fourth-order valence-corrected chi connectivity index (χ4v) is 1.79. The van der Waals surface area contributed by atoms with E-state index in [4.69, 9.17) is 4.74 Å². The predicted molar refractivity (Wildman–Crippen MR) is 75.4 cm³/mol. The molecule has 1 N–H and O–H groups in total. The van der Waals surface area contributed by atoms with Gasteiger partial charge in [0.2, 0.25) is 0 Å². The zero-order chi connectivity index (χ0) is 14.3. The molecule has 1 rings (SSSR count). The summed E-state index contributed by atoms with van der Waals surface area (Å²) in [5, 5.41) is 3.41. The lowest BCUT2D eigenvalue weighted by Gasteiger charge is -2.18. The molecule has 1 atom stereocenters. The minimum absolute atomic E-state index is 0.0621. The van der Waals surface area contributed by atoms with Gasteiger partial charge in [-0.2, -0.15) is 0 Å². The molecule has 19 heavy (non-hydrogen) atoms. The normalized spacial score (nSPS) is 12.0. The number of esters is 1. The molecule has 0 spiro atoms. The van der Waals surface area contributed by atoms with Gasteiger partial charge in [-0.3, -0.25) is 0 Å². The van der Waals surface area contributed by atoms with Crippen molar-refractivity contribution in [2.75, 3.05) is 20.3 Å². The van der Waals surface area contributed by atoms with Crippen molar-refractivity contribution in [2.24, 2.45) is 0 Å². The van der Waals surface area contributed by atoms with Gasteiger partial charge in [-0.1, -0.05) is 19.1 Å². The average Bonchev–Trinajstić information content (AvgIpc) is 2.42. The van der Waals surface area contributed by atoms with Crippen LogP contribution in [0.25, 0.3) is 0 Å². The van der Waals surface area contributed by atoms with Crippen LogP contribution in [0.4, 0.5) is 0 Å². The van der Waals surface area contributed by atoms with Crippen molar-refractivity contribution in [1.29, 1.82) is 0 Å². The maximum Gasteiger partial charge on any atom is 0.343 e. The van der Waals surface area contributed by atoms with E-state index in [1.54, 1.807) is 0 Å². The molecular weight excluding hydrogens is 242 g/mol. The van der Waals surface area contributed by atoms with E-state index < -0.39 is 0 Å². The summed E-state index contributed by atoms with van der Waals surface area (Å²) in [5.41, 5.74) is 2.16. The summed E-state index contributed by atoms with van der Waals surface area (Å²) in [6.07, 6.45) is 1.08. The molecule has 106 valence electrons. The van der Waals surface area contributed by atoms with Crippen molar-refractivity contribution >= 4 is 5.97 Å². The van der Waals surface area contributed by atoms with Crippen molar-refractivity contribution in [2.45, 2.75) is 33.2 Å². The number of carbonyl (C=O) groups excluding carboxylic acids is 1. The Kier molecular flexibility index (Phi) is 6.36. The molecule has 1 unspecified atom stereocenters. The Morgan fingerprint density at radius 1 is 1.42 bits per heavy atom. The topological polar surface area (TPSA) is 47.6 Å². The Hall–Kier alpha value is -1.55. The van der Waals surface area contributed by atoms with Crippen LogP contribution in [0.15, 0.2) is 18.2 Å². The Morgan fingerprint density at radius 2 is 2.16 bits per heavy atom. The molecule has 0 radical (unpaired) electrons. The van der Waals surface area contributed by atoms with Crippen LogP contribution in [0.5, 0.6) is 5.75 Å². The second-order valence-corrected chi connectivity index (χ2v) is 4.58. The van der Waals surface area contributed by atoms with Gasteiger partial charge in [0.05, 0.1) is 7.11 Å². The summed E-state index contributed by atoms with van der Waals surface area (Å²) in [4.78, 5) is 11.2. The molecule has 4 nitrogen and oxygen atoms in total. The monoisotopic (exact) mass is 265 g/mol. The highest BCUT2D eigenvalue weighted by atomic mass is 16.6. The van der Waals surface area contributed by atoms with Crippen LogP contribution in [0, 0.1) is 6.92 Å². The maximum absolute atomic E-state index is 11.2. The molecule has 1 aromatic rings. The van der Waals surface area contributed by atoms with E-state index in [2.05, 4.69) is 23.9 Å². The number of aryl methyl sites for hydroxylation is 1. The highest BCUT2D eigenvalue weighted by Gasteiger charge is 2.12. The van der Waals surface area contributed by atoms with Crippen LogP contribution in [-0.4, -0.2) is 26.2 Å². The fourth-order valence-electron chi connectivity index (χ4n) is 1.79. The molecule has 0 amide bonds. The zero-order valence-electron chi connectivity index (χ0n) is 12.2.